The molecule has 1 aromatic heterocycles. The van der Waals surface area contributed by atoms with Crippen molar-refractivity contribution in [1.29, 1.82) is 0 Å². The third-order valence-electron chi connectivity index (χ3n) is 1.80. The standard InChI is InChI=1S/C9H15N5O2/c1-11-6-7(10)13-9(14-8(6)12-2)16-5-4-15-3/h1,4-5H2,2-3H3,(H3,10,12,13,14). The molecule has 0 fully saturated rings. The summed E-state index contributed by atoms with van der Waals surface area (Å²) >= 11 is 0. The van der Waals surface area contributed by atoms with Crippen LogP contribution in [-0.2, 0) is 4.74 Å². The molecule has 1 heterocycles. The fraction of sp³-hybridized carbons (Fsp3) is 0.444. The first-order valence-corrected chi connectivity index (χ1v) is 4.66. The van der Waals surface area contributed by atoms with Gasteiger partial charge >= 0.3 is 6.01 Å². The minimum atomic E-state index is 0.186. The van der Waals surface area contributed by atoms with Gasteiger partial charge in [-0.05, 0) is 6.72 Å². The first kappa shape index (κ1) is 12.2. The Bertz CT molecular complexity index is 369. The predicted molar refractivity (Wildman–Crippen MR) is 62.6 cm³/mol. The molecule has 0 spiro atoms. The molecule has 0 saturated heterocycles. The zero-order chi connectivity index (χ0) is 12.0. The van der Waals surface area contributed by atoms with Crippen molar-refractivity contribution in [2.45, 2.75) is 0 Å². The fourth-order valence-electron chi connectivity index (χ4n) is 1.06. The minimum absolute atomic E-state index is 0.186. The van der Waals surface area contributed by atoms with E-state index < -0.39 is 0 Å². The molecule has 7 nitrogen and oxygen atoms in total. The summed E-state index contributed by atoms with van der Waals surface area (Å²) in [7, 11) is 3.29. The van der Waals surface area contributed by atoms with E-state index in [-0.39, 0.29) is 11.8 Å². The van der Waals surface area contributed by atoms with Crippen LogP contribution in [0.5, 0.6) is 6.01 Å². The van der Waals surface area contributed by atoms with E-state index in [1.165, 1.54) is 0 Å². The monoisotopic (exact) mass is 225 g/mol. The van der Waals surface area contributed by atoms with Crippen LogP contribution >= 0.6 is 0 Å². The summed E-state index contributed by atoms with van der Waals surface area (Å²) in [4.78, 5) is 11.8. The van der Waals surface area contributed by atoms with Crippen LogP contribution in [0, 0.1) is 0 Å². The lowest BCUT2D eigenvalue weighted by molar-refractivity contribution is 0.141. The van der Waals surface area contributed by atoms with Gasteiger partial charge in [-0.2, -0.15) is 9.97 Å². The SMILES string of the molecule is C=Nc1c(N)nc(OCCOC)nc1NC. The second kappa shape index (κ2) is 5.86. The molecule has 0 radical (unpaired) electrons. The number of nitrogens with one attached hydrogen (secondary N) is 1. The van der Waals surface area contributed by atoms with Crippen LogP contribution in [0.1, 0.15) is 0 Å². The lowest BCUT2D eigenvalue weighted by Crippen LogP contribution is -2.09. The molecule has 0 aromatic carbocycles. The fourth-order valence-corrected chi connectivity index (χ4v) is 1.06. The van der Waals surface area contributed by atoms with Gasteiger partial charge in [-0.1, -0.05) is 0 Å². The van der Waals surface area contributed by atoms with Crippen molar-refractivity contribution in [2.24, 2.45) is 4.99 Å². The van der Waals surface area contributed by atoms with Crippen molar-refractivity contribution in [3.05, 3.63) is 0 Å². The van der Waals surface area contributed by atoms with Crippen molar-refractivity contribution in [3.8, 4) is 6.01 Å². The van der Waals surface area contributed by atoms with Gasteiger partial charge in [0.2, 0.25) is 0 Å². The number of nitrogens with zero attached hydrogens (tertiary/aromatic N) is 3. The van der Waals surface area contributed by atoms with Gasteiger partial charge in [0.1, 0.15) is 12.3 Å². The van der Waals surface area contributed by atoms with Gasteiger partial charge in [0.25, 0.3) is 0 Å². The molecule has 0 saturated carbocycles. The molecule has 1 rings (SSSR count). The number of hydrogen-bond donors (Lipinski definition) is 2. The van der Waals surface area contributed by atoms with Crippen LogP contribution in [0.25, 0.3) is 0 Å². The second-order valence-corrected chi connectivity index (χ2v) is 2.84. The zero-order valence-corrected chi connectivity index (χ0v) is 9.36. The molecular formula is C9H15N5O2. The van der Waals surface area contributed by atoms with Crippen molar-refractivity contribution in [3.63, 3.8) is 0 Å². The summed E-state index contributed by atoms with van der Waals surface area (Å²) in [6, 6.07) is 0.186. The Kier molecular flexibility index (Phi) is 4.46. The quantitative estimate of drug-likeness (QED) is 0.539. The van der Waals surface area contributed by atoms with Crippen molar-refractivity contribution >= 4 is 24.0 Å². The van der Waals surface area contributed by atoms with Gasteiger partial charge in [-0.25, -0.2) is 0 Å². The van der Waals surface area contributed by atoms with Crippen LogP contribution in [0.15, 0.2) is 4.99 Å². The molecule has 0 atom stereocenters. The van der Waals surface area contributed by atoms with Gasteiger partial charge in [0.15, 0.2) is 11.6 Å². The maximum absolute atomic E-state index is 5.68. The van der Waals surface area contributed by atoms with E-state index in [9.17, 15) is 0 Å². The summed E-state index contributed by atoms with van der Waals surface area (Å²) in [6.07, 6.45) is 0. The Morgan fingerprint density at radius 1 is 1.44 bits per heavy atom. The highest BCUT2D eigenvalue weighted by atomic mass is 16.5. The Morgan fingerprint density at radius 3 is 2.75 bits per heavy atom. The van der Waals surface area contributed by atoms with Crippen molar-refractivity contribution in [1.82, 2.24) is 9.97 Å². The van der Waals surface area contributed by atoms with E-state index in [0.717, 1.165) is 0 Å². The van der Waals surface area contributed by atoms with Crippen LogP contribution < -0.4 is 15.8 Å². The smallest absolute Gasteiger partial charge is 0.320 e. The molecule has 0 bridgehead atoms. The van der Waals surface area contributed by atoms with Gasteiger partial charge in [0, 0.05) is 14.2 Å². The van der Waals surface area contributed by atoms with Crippen LogP contribution in [0.4, 0.5) is 17.3 Å². The van der Waals surface area contributed by atoms with E-state index in [4.69, 9.17) is 15.2 Å². The third-order valence-corrected chi connectivity index (χ3v) is 1.80. The molecule has 88 valence electrons. The highest BCUT2D eigenvalue weighted by Gasteiger charge is 2.10. The first-order valence-electron chi connectivity index (χ1n) is 4.66. The number of methoxy groups -OCH3 is 1. The van der Waals surface area contributed by atoms with Crippen LogP contribution in [0.2, 0.25) is 0 Å². The largest absolute Gasteiger partial charge is 0.461 e. The lowest BCUT2D eigenvalue weighted by atomic mass is 10.4. The van der Waals surface area contributed by atoms with Gasteiger partial charge in [-0.15, -0.1) is 0 Å². The van der Waals surface area contributed by atoms with Crippen LogP contribution in [-0.4, -0.2) is 44.1 Å². The second-order valence-electron chi connectivity index (χ2n) is 2.84. The van der Waals surface area contributed by atoms with Gasteiger partial charge in [0.05, 0.1) is 6.61 Å². The summed E-state index contributed by atoms with van der Waals surface area (Å²) < 4.78 is 10.1. The number of rotatable bonds is 6. The minimum Gasteiger partial charge on any atom is -0.461 e. The molecule has 7 heteroatoms. The molecule has 0 aliphatic rings. The van der Waals surface area contributed by atoms with Gasteiger partial charge in [-0.3, -0.25) is 4.99 Å². The van der Waals surface area contributed by atoms with Crippen LogP contribution in [0.3, 0.4) is 0 Å². The summed E-state index contributed by atoms with van der Waals surface area (Å²) in [5, 5.41) is 2.84. The number of aliphatic imine (C=N–C) groups is 1. The number of anilines is 2. The number of nitrogens with two attached hydrogens (primary N) is 1. The maximum Gasteiger partial charge on any atom is 0.320 e. The van der Waals surface area contributed by atoms with E-state index >= 15 is 0 Å². The molecule has 0 aliphatic heterocycles. The molecule has 1 aromatic rings. The summed E-state index contributed by atoms with van der Waals surface area (Å²) in [5.74, 6) is 0.705. The summed E-state index contributed by atoms with van der Waals surface area (Å²) in [6.45, 7) is 4.21. The average molecular weight is 225 g/mol. The molecule has 0 aliphatic carbocycles. The lowest BCUT2D eigenvalue weighted by Gasteiger charge is -2.09. The highest BCUT2D eigenvalue weighted by Crippen LogP contribution is 2.29. The normalized spacial score (nSPS) is 9.88. The number of aromatic nitrogens is 2. The van der Waals surface area contributed by atoms with E-state index in [0.29, 0.717) is 24.7 Å². The summed E-state index contributed by atoms with van der Waals surface area (Å²) in [5.41, 5.74) is 6.09. The molecular weight excluding hydrogens is 210 g/mol. The predicted octanol–water partition coefficient (Wildman–Crippen LogP) is 0.458. The van der Waals surface area contributed by atoms with Crippen molar-refractivity contribution in [2.75, 3.05) is 38.4 Å². The molecule has 0 amide bonds. The number of ether oxygens (including phenoxy) is 2. The Morgan fingerprint density at radius 2 is 2.19 bits per heavy atom. The third kappa shape index (κ3) is 2.80. The Balaban J connectivity index is 2.87. The molecule has 0 unspecified atom stereocenters. The van der Waals surface area contributed by atoms with E-state index in [1.54, 1.807) is 14.2 Å². The molecule has 16 heavy (non-hydrogen) atoms. The molecule has 3 N–H and O–H groups in total. The van der Waals surface area contributed by atoms with E-state index in [2.05, 4.69) is 27.0 Å². The average Bonchev–Trinajstić information content (AvgIpc) is 2.28. The van der Waals surface area contributed by atoms with Crippen molar-refractivity contribution < 1.29 is 9.47 Å². The first-order chi connectivity index (χ1) is 7.72. The maximum atomic E-state index is 5.68. The topological polar surface area (TPSA) is 94.7 Å². The Labute approximate surface area is 93.7 Å². The van der Waals surface area contributed by atoms with E-state index in [1.807, 2.05) is 0 Å². The number of hydrogen-bond acceptors (Lipinski definition) is 7. The highest BCUT2D eigenvalue weighted by molar-refractivity contribution is 5.74. The number of nitrogen functional groups attached to an aromatic ring is 1. The van der Waals surface area contributed by atoms with Gasteiger partial charge < -0.3 is 20.5 Å². The Hall–Kier alpha value is -1.89. The zero-order valence-electron chi connectivity index (χ0n) is 9.36.